The molecule has 1 aliphatic carbocycles. The molecule has 0 fully saturated rings. The molecule has 2 rings (SSSR count). The average Bonchev–Trinajstić information content (AvgIpc) is 2.59. The summed E-state index contributed by atoms with van der Waals surface area (Å²) in [6.07, 6.45) is 3.29. The Balaban J connectivity index is 2.28. The number of aryl methyl sites for hydroxylation is 2. The van der Waals surface area contributed by atoms with Gasteiger partial charge in [0.25, 0.3) is 0 Å². The van der Waals surface area contributed by atoms with Crippen molar-refractivity contribution in [3.8, 4) is 0 Å². The van der Waals surface area contributed by atoms with Gasteiger partial charge in [0.05, 0.1) is 5.69 Å². The highest BCUT2D eigenvalue weighted by molar-refractivity contribution is 7.12. The summed E-state index contributed by atoms with van der Waals surface area (Å²) >= 11 is 1.57. The first-order chi connectivity index (χ1) is 6.18. The summed E-state index contributed by atoms with van der Waals surface area (Å²) < 4.78 is 0. The zero-order valence-electron chi connectivity index (χ0n) is 7.41. The van der Waals surface area contributed by atoms with Crippen LogP contribution in [0.2, 0.25) is 0 Å². The standard InChI is InChI=1S/C9H11NO2S/c1-5(9(11)12)8-10-6-3-2-4-7(6)13-8/h5H,2-4H2,1H3,(H,11,12). The van der Waals surface area contributed by atoms with Gasteiger partial charge in [-0.2, -0.15) is 0 Å². The van der Waals surface area contributed by atoms with E-state index < -0.39 is 11.9 Å². The zero-order chi connectivity index (χ0) is 9.42. The predicted molar refractivity (Wildman–Crippen MR) is 50.2 cm³/mol. The van der Waals surface area contributed by atoms with Crippen molar-refractivity contribution in [3.05, 3.63) is 15.6 Å². The summed E-state index contributed by atoms with van der Waals surface area (Å²) in [7, 11) is 0. The van der Waals surface area contributed by atoms with Crippen molar-refractivity contribution in [2.24, 2.45) is 0 Å². The quantitative estimate of drug-likeness (QED) is 0.786. The van der Waals surface area contributed by atoms with Crippen molar-refractivity contribution in [1.29, 1.82) is 0 Å². The SMILES string of the molecule is CC(C(=O)O)c1nc2c(s1)CCC2. The Morgan fingerprint density at radius 1 is 1.62 bits per heavy atom. The van der Waals surface area contributed by atoms with Gasteiger partial charge < -0.3 is 5.11 Å². The van der Waals surface area contributed by atoms with Crippen LogP contribution in [0.4, 0.5) is 0 Å². The molecule has 1 heterocycles. The third-order valence-corrected chi connectivity index (χ3v) is 3.69. The lowest BCUT2D eigenvalue weighted by atomic mass is 10.2. The van der Waals surface area contributed by atoms with Gasteiger partial charge >= 0.3 is 5.97 Å². The fraction of sp³-hybridized carbons (Fsp3) is 0.556. The molecule has 0 radical (unpaired) electrons. The molecule has 1 aromatic rings. The lowest BCUT2D eigenvalue weighted by Crippen LogP contribution is -2.06. The monoisotopic (exact) mass is 197 g/mol. The highest BCUT2D eigenvalue weighted by atomic mass is 32.1. The van der Waals surface area contributed by atoms with Crippen LogP contribution in [-0.2, 0) is 17.6 Å². The highest BCUT2D eigenvalue weighted by Crippen LogP contribution is 2.31. The van der Waals surface area contributed by atoms with Crippen LogP contribution in [0.15, 0.2) is 0 Å². The minimum absolute atomic E-state index is 0.449. The van der Waals surface area contributed by atoms with Crippen LogP contribution in [0.3, 0.4) is 0 Å². The number of aliphatic carboxylic acids is 1. The molecular formula is C9H11NO2S. The van der Waals surface area contributed by atoms with Crippen molar-refractivity contribution in [2.75, 3.05) is 0 Å². The van der Waals surface area contributed by atoms with E-state index in [4.69, 9.17) is 5.11 Å². The Morgan fingerprint density at radius 3 is 3.00 bits per heavy atom. The first-order valence-corrected chi connectivity index (χ1v) is 5.21. The summed E-state index contributed by atoms with van der Waals surface area (Å²) in [6.45, 7) is 1.69. The molecule has 0 aromatic carbocycles. The number of carbonyl (C=O) groups is 1. The Hall–Kier alpha value is -0.900. The molecule has 70 valence electrons. The summed E-state index contributed by atoms with van der Waals surface area (Å²) in [6, 6.07) is 0. The maximum Gasteiger partial charge on any atom is 0.313 e. The van der Waals surface area contributed by atoms with Gasteiger partial charge in [-0.1, -0.05) is 0 Å². The first kappa shape index (κ1) is 8.69. The minimum atomic E-state index is -0.785. The molecule has 3 nitrogen and oxygen atoms in total. The molecule has 1 N–H and O–H groups in total. The number of carboxylic acid groups (broad SMARTS) is 1. The number of fused-ring (bicyclic) bond motifs is 1. The molecule has 0 spiro atoms. The van der Waals surface area contributed by atoms with Gasteiger partial charge in [-0.25, -0.2) is 4.98 Å². The van der Waals surface area contributed by atoms with Crippen LogP contribution in [0, 0.1) is 0 Å². The van der Waals surface area contributed by atoms with E-state index in [9.17, 15) is 4.79 Å². The van der Waals surface area contributed by atoms with Gasteiger partial charge in [-0.3, -0.25) is 4.79 Å². The Kier molecular flexibility index (Phi) is 2.07. The zero-order valence-corrected chi connectivity index (χ0v) is 8.23. The molecule has 13 heavy (non-hydrogen) atoms. The lowest BCUT2D eigenvalue weighted by Gasteiger charge is -1.99. The molecule has 1 unspecified atom stereocenters. The van der Waals surface area contributed by atoms with Gasteiger partial charge in [-0.15, -0.1) is 11.3 Å². The van der Waals surface area contributed by atoms with E-state index in [1.54, 1.807) is 18.3 Å². The predicted octanol–water partition coefficient (Wildman–Crippen LogP) is 1.82. The third kappa shape index (κ3) is 1.46. The van der Waals surface area contributed by atoms with Gasteiger partial charge in [-0.05, 0) is 26.2 Å². The van der Waals surface area contributed by atoms with Crippen LogP contribution >= 0.6 is 11.3 Å². The number of aromatic nitrogens is 1. The molecular weight excluding hydrogens is 186 g/mol. The minimum Gasteiger partial charge on any atom is -0.481 e. The van der Waals surface area contributed by atoms with Gasteiger partial charge in [0, 0.05) is 4.88 Å². The summed E-state index contributed by atoms with van der Waals surface area (Å²) in [5, 5.41) is 9.55. The molecule has 0 bridgehead atoms. The van der Waals surface area contributed by atoms with Gasteiger partial charge in [0.15, 0.2) is 0 Å². The second-order valence-corrected chi connectivity index (χ2v) is 4.45. The number of rotatable bonds is 2. The largest absolute Gasteiger partial charge is 0.481 e. The fourth-order valence-corrected chi connectivity index (χ4v) is 2.70. The molecule has 4 heteroatoms. The van der Waals surface area contributed by atoms with E-state index in [0.717, 1.165) is 23.5 Å². The van der Waals surface area contributed by atoms with Crippen molar-refractivity contribution < 1.29 is 9.90 Å². The Bertz CT molecular complexity index is 324. The van der Waals surface area contributed by atoms with Crippen LogP contribution < -0.4 is 0 Å². The second kappa shape index (κ2) is 3.10. The lowest BCUT2D eigenvalue weighted by molar-refractivity contribution is -0.138. The van der Waals surface area contributed by atoms with Gasteiger partial charge in [0.1, 0.15) is 10.9 Å². The molecule has 0 aliphatic heterocycles. The number of hydrogen-bond acceptors (Lipinski definition) is 3. The van der Waals surface area contributed by atoms with Crippen LogP contribution in [0.5, 0.6) is 0 Å². The number of nitrogens with zero attached hydrogens (tertiary/aromatic N) is 1. The highest BCUT2D eigenvalue weighted by Gasteiger charge is 2.22. The smallest absolute Gasteiger partial charge is 0.313 e. The van der Waals surface area contributed by atoms with Crippen LogP contribution in [0.25, 0.3) is 0 Å². The Labute approximate surface area is 80.4 Å². The normalized spacial score (nSPS) is 17.0. The van der Waals surface area contributed by atoms with Crippen molar-refractivity contribution in [3.63, 3.8) is 0 Å². The molecule has 0 saturated carbocycles. The van der Waals surface area contributed by atoms with E-state index >= 15 is 0 Å². The van der Waals surface area contributed by atoms with Crippen LogP contribution in [-0.4, -0.2) is 16.1 Å². The molecule has 1 aliphatic rings. The van der Waals surface area contributed by atoms with Crippen molar-refractivity contribution >= 4 is 17.3 Å². The van der Waals surface area contributed by atoms with Gasteiger partial charge in [0.2, 0.25) is 0 Å². The maximum absolute atomic E-state index is 10.7. The van der Waals surface area contributed by atoms with E-state index in [-0.39, 0.29) is 0 Å². The topological polar surface area (TPSA) is 50.2 Å². The van der Waals surface area contributed by atoms with E-state index in [0.29, 0.717) is 0 Å². The van der Waals surface area contributed by atoms with E-state index in [2.05, 4.69) is 4.98 Å². The number of thiazole rings is 1. The Morgan fingerprint density at radius 2 is 2.38 bits per heavy atom. The second-order valence-electron chi connectivity index (χ2n) is 3.34. The third-order valence-electron chi connectivity index (χ3n) is 2.35. The molecule has 1 atom stereocenters. The van der Waals surface area contributed by atoms with Crippen molar-refractivity contribution in [1.82, 2.24) is 4.98 Å². The summed E-state index contributed by atoms with van der Waals surface area (Å²) in [5.74, 6) is -1.23. The summed E-state index contributed by atoms with van der Waals surface area (Å²) in [4.78, 5) is 16.3. The van der Waals surface area contributed by atoms with Crippen molar-refractivity contribution in [2.45, 2.75) is 32.1 Å². The van der Waals surface area contributed by atoms with E-state index in [1.807, 2.05) is 0 Å². The van der Waals surface area contributed by atoms with E-state index in [1.165, 1.54) is 11.3 Å². The molecule has 0 saturated heterocycles. The molecule has 0 amide bonds. The molecule has 1 aromatic heterocycles. The maximum atomic E-state index is 10.7. The summed E-state index contributed by atoms with van der Waals surface area (Å²) in [5.41, 5.74) is 1.13. The average molecular weight is 197 g/mol. The van der Waals surface area contributed by atoms with Crippen LogP contribution in [0.1, 0.15) is 34.8 Å². The first-order valence-electron chi connectivity index (χ1n) is 4.40. The fourth-order valence-electron chi connectivity index (χ4n) is 1.50. The number of hydrogen-bond donors (Lipinski definition) is 1. The number of carboxylic acids is 1.